The molecule has 1 saturated heterocycles. The number of imidazole rings is 1. The molecule has 2 unspecified atom stereocenters. The van der Waals surface area contributed by atoms with Crippen molar-refractivity contribution in [3.63, 3.8) is 0 Å². The molecule has 0 saturated carbocycles. The van der Waals surface area contributed by atoms with Crippen LogP contribution in [0.4, 0.5) is 0 Å². The van der Waals surface area contributed by atoms with E-state index in [0.717, 1.165) is 26.0 Å². The number of rotatable bonds is 2. The van der Waals surface area contributed by atoms with E-state index in [1.807, 2.05) is 10.8 Å². The average Bonchev–Trinajstić information content (AvgIpc) is 2.77. The molecule has 1 fully saturated rings. The highest BCUT2D eigenvalue weighted by Gasteiger charge is 2.25. The molecule has 0 spiro atoms. The third kappa shape index (κ3) is 2.05. The van der Waals surface area contributed by atoms with Crippen molar-refractivity contribution in [1.82, 2.24) is 9.55 Å². The summed E-state index contributed by atoms with van der Waals surface area (Å²) in [6.45, 7) is 2.18. The average molecular weight is 224 g/mol. The summed E-state index contributed by atoms with van der Waals surface area (Å²) in [5.74, 6) is 0. The lowest BCUT2D eigenvalue weighted by atomic mass is 10.2. The summed E-state index contributed by atoms with van der Waals surface area (Å²) in [5, 5.41) is 0. The largest absolute Gasteiger partial charge is 0.462 e. The number of nitrogens with zero attached hydrogens (tertiary/aromatic N) is 2. The van der Waals surface area contributed by atoms with Crippen molar-refractivity contribution in [3.05, 3.63) is 12.4 Å². The molecule has 1 aromatic rings. The summed E-state index contributed by atoms with van der Waals surface area (Å²) in [6, 6.07) is 0.685. The highest BCUT2D eigenvalue weighted by molar-refractivity contribution is 5.01. The molecule has 1 aromatic heterocycles. The van der Waals surface area contributed by atoms with Crippen LogP contribution in [-0.2, 0) is 16.0 Å². The highest BCUT2D eigenvalue weighted by atomic mass is 16.7. The van der Waals surface area contributed by atoms with Crippen molar-refractivity contribution in [1.29, 1.82) is 0 Å². The molecule has 88 valence electrons. The molecule has 2 atom stereocenters. The molecule has 5 heteroatoms. The molecule has 0 N–H and O–H groups in total. The van der Waals surface area contributed by atoms with E-state index in [1.165, 1.54) is 6.42 Å². The quantitative estimate of drug-likeness (QED) is 0.757. The number of fused-ring (bicyclic) bond motifs is 1. The molecule has 2 aliphatic rings. The fourth-order valence-electron chi connectivity index (χ4n) is 2.13. The van der Waals surface area contributed by atoms with Crippen LogP contribution < -0.4 is 4.74 Å². The second kappa shape index (κ2) is 4.43. The molecule has 3 rings (SSSR count). The topological polar surface area (TPSA) is 45.5 Å². The number of ether oxygens (including phenoxy) is 3. The normalized spacial score (nSPS) is 29.5. The fraction of sp³-hybridized carbons (Fsp3) is 0.727. The second-order valence-electron chi connectivity index (χ2n) is 4.23. The van der Waals surface area contributed by atoms with Crippen LogP contribution in [0.25, 0.3) is 0 Å². The van der Waals surface area contributed by atoms with Crippen molar-refractivity contribution < 1.29 is 14.2 Å². The standard InChI is InChI=1S/C11H16N2O3/c1-2-6-14-10(3-1)16-9-7-13-5-4-12-11(13)15-8-9/h4-5,9-10H,1-3,6-8H2. The maximum atomic E-state index is 5.86. The van der Waals surface area contributed by atoms with Gasteiger partial charge in [0.05, 0.1) is 6.54 Å². The summed E-state index contributed by atoms with van der Waals surface area (Å²) >= 11 is 0. The van der Waals surface area contributed by atoms with Gasteiger partial charge in [-0.05, 0) is 19.3 Å². The molecule has 0 radical (unpaired) electrons. The van der Waals surface area contributed by atoms with Crippen LogP contribution in [0.15, 0.2) is 12.4 Å². The van der Waals surface area contributed by atoms with Gasteiger partial charge < -0.3 is 14.2 Å². The van der Waals surface area contributed by atoms with Gasteiger partial charge in [0, 0.05) is 19.0 Å². The van der Waals surface area contributed by atoms with E-state index in [0.29, 0.717) is 12.6 Å². The predicted octanol–water partition coefficient (Wildman–Crippen LogP) is 1.19. The molecule has 0 aromatic carbocycles. The van der Waals surface area contributed by atoms with Gasteiger partial charge in [0.15, 0.2) is 6.29 Å². The SMILES string of the molecule is c1cn2c(n1)OCC(OC1CCCCO1)C2. The van der Waals surface area contributed by atoms with Gasteiger partial charge in [-0.25, -0.2) is 4.98 Å². The predicted molar refractivity (Wildman–Crippen MR) is 56.2 cm³/mol. The summed E-state index contributed by atoms with van der Waals surface area (Å²) in [4.78, 5) is 4.09. The Hall–Kier alpha value is -1.07. The lowest BCUT2D eigenvalue weighted by Gasteiger charge is -2.30. The summed E-state index contributed by atoms with van der Waals surface area (Å²) in [6.07, 6.45) is 7.01. The molecule has 16 heavy (non-hydrogen) atoms. The first kappa shape index (κ1) is 10.1. The molecular formula is C11H16N2O3. The lowest BCUT2D eigenvalue weighted by Crippen LogP contribution is -2.37. The minimum absolute atomic E-state index is 0.0487. The zero-order valence-corrected chi connectivity index (χ0v) is 9.17. The Kier molecular flexibility index (Phi) is 2.80. The van der Waals surface area contributed by atoms with E-state index in [9.17, 15) is 0 Å². The summed E-state index contributed by atoms with van der Waals surface area (Å²) in [5.41, 5.74) is 0. The zero-order chi connectivity index (χ0) is 10.8. The van der Waals surface area contributed by atoms with Crippen molar-refractivity contribution in [2.24, 2.45) is 0 Å². The van der Waals surface area contributed by atoms with Crippen molar-refractivity contribution >= 4 is 0 Å². The van der Waals surface area contributed by atoms with Crippen molar-refractivity contribution in [3.8, 4) is 6.01 Å². The van der Waals surface area contributed by atoms with Crippen LogP contribution in [0.2, 0.25) is 0 Å². The van der Waals surface area contributed by atoms with E-state index >= 15 is 0 Å². The molecule has 3 heterocycles. The lowest BCUT2D eigenvalue weighted by molar-refractivity contribution is -0.199. The fourth-order valence-corrected chi connectivity index (χ4v) is 2.13. The minimum atomic E-state index is -0.0487. The van der Waals surface area contributed by atoms with Gasteiger partial charge in [-0.1, -0.05) is 0 Å². The monoisotopic (exact) mass is 224 g/mol. The first-order valence-electron chi connectivity index (χ1n) is 5.83. The van der Waals surface area contributed by atoms with Gasteiger partial charge >= 0.3 is 0 Å². The Bertz CT molecular complexity index is 347. The second-order valence-corrected chi connectivity index (χ2v) is 4.23. The molecule has 5 nitrogen and oxygen atoms in total. The van der Waals surface area contributed by atoms with E-state index in [4.69, 9.17) is 14.2 Å². The van der Waals surface area contributed by atoms with E-state index in [2.05, 4.69) is 4.98 Å². The Balaban J connectivity index is 1.57. The van der Waals surface area contributed by atoms with Gasteiger partial charge in [0.1, 0.15) is 12.7 Å². The van der Waals surface area contributed by atoms with Gasteiger partial charge in [-0.3, -0.25) is 4.57 Å². The third-order valence-corrected chi connectivity index (χ3v) is 2.96. The van der Waals surface area contributed by atoms with Gasteiger partial charge in [0.25, 0.3) is 6.01 Å². The van der Waals surface area contributed by atoms with Gasteiger partial charge in [-0.15, -0.1) is 0 Å². The maximum absolute atomic E-state index is 5.86. The summed E-state index contributed by atoms with van der Waals surface area (Å²) in [7, 11) is 0. The van der Waals surface area contributed by atoms with Crippen molar-refractivity contribution in [2.75, 3.05) is 13.2 Å². The third-order valence-electron chi connectivity index (χ3n) is 2.96. The molecule has 0 aliphatic carbocycles. The van der Waals surface area contributed by atoms with Crippen LogP contribution in [0.5, 0.6) is 6.01 Å². The Morgan fingerprint density at radius 1 is 1.44 bits per heavy atom. The highest BCUT2D eigenvalue weighted by Crippen LogP contribution is 2.20. The first-order valence-corrected chi connectivity index (χ1v) is 5.83. The molecule has 0 amide bonds. The number of hydrogen-bond acceptors (Lipinski definition) is 4. The zero-order valence-electron chi connectivity index (χ0n) is 9.17. The van der Waals surface area contributed by atoms with E-state index in [-0.39, 0.29) is 12.4 Å². The van der Waals surface area contributed by atoms with Crippen LogP contribution in [-0.4, -0.2) is 35.2 Å². The number of aromatic nitrogens is 2. The number of hydrogen-bond donors (Lipinski definition) is 0. The molecule has 2 aliphatic heterocycles. The van der Waals surface area contributed by atoms with Crippen molar-refractivity contribution in [2.45, 2.75) is 38.2 Å². The van der Waals surface area contributed by atoms with Crippen LogP contribution >= 0.6 is 0 Å². The smallest absolute Gasteiger partial charge is 0.296 e. The Labute approximate surface area is 94.3 Å². The first-order chi connectivity index (χ1) is 7.92. The Morgan fingerprint density at radius 3 is 3.31 bits per heavy atom. The van der Waals surface area contributed by atoms with Crippen LogP contribution in [0, 0.1) is 0 Å². The summed E-state index contributed by atoms with van der Waals surface area (Å²) < 4.78 is 18.9. The van der Waals surface area contributed by atoms with Crippen LogP contribution in [0.1, 0.15) is 19.3 Å². The van der Waals surface area contributed by atoms with Gasteiger partial charge in [-0.2, -0.15) is 0 Å². The Morgan fingerprint density at radius 2 is 2.44 bits per heavy atom. The maximum Gasteiger partial charge on any atom is 0.296 e. The molecular weight excluding hydrogens is 208 g/mol. The molecule has 0 bridgehead atoms. The van der Waals surface area contributed by atoms with Gasteiger partial charge in [0.2, 0.25) is 0 Å². The van der Waals surface area contributed by atoms with E-state index in [1.54, 1.807) is 6.20 Å². The van der Waals surface area contributed by atoms with Crippen LogP contribution in [0.3, 0.4) is 0 Å². The van der Waals surface area contributed by atoms with E-state index < -0.39 is 0 Å². The minimum Gasteiger partial charge on any atom is -0.462 e.